The van der Waals surface area contributed by atoms with Crippen molar-refractivity contribution >= 4 is 29.7 Å². The van der Waals surface area contributed by atoms with Gasteiger partial charge in [0.1, 0.15) is 23.1 Å². The Balaban J connectivity index is 1.19. The van der Waals surface area contributed by atoms with E-state index >= 15 is 0 Å². The fourth-order valence-corrected chi connectivity index (χ4v) is 9.34. The van der Waals surface area contributed by atoms with Crippen molar-refractivity contribution in [1.29, 1.82) is 0 Å². The third-order valence-corrected chi connectivity index (χ3v) is 13.9. The van der Waals surface area contributed by atoms with E-state index in [2.05, 4.69) is 17.6 Å². The lowest BCUT2D eigenvalue weighted by atomic mass is 9.80. The summed E-state index contributed by atoms with van der Waals surface area (Å²) < 4.78 is 46.0. The summed E-state index contributed by atoms with van der Waals surface area (Å²) in [5, 5.41) is 14.8. The largest absolute Gasteiger partial charge is 0.497 e. The Bertz CT molecular complexity index is 2050. The summed E-state index contributed by atoms with van der Waals surface area (Å²) in [4.78, 5) is 65.1. The number of carboxylic acids is 1. The number of carbonyl (C=O) groups is 5. The molecule has 0 aliphatic carbocycles. The highest BCUT2D eigenvalue weighted by Crippen LogP contribution is 2.42. The molecule has 0 bridgehead atoms. The van der Waals surface area contributed by atoms with Crippen molar-refractivity contribution in [3.05, 3.63) is 95.6 Å². The predicted octanol–water partition coefficient (Wildman–Crippen LogP) is 9.20. The van der Waals surface area contributed by atoms with Gasteiger partial charge in [0.05, 0.1) is 93.1 Å². The highest BCUT2D eigenvalue weighted by atomic mass is 16.6. The van der Waals surface area contributed by atoms with E-state index < -0.39 is 29.5 Å². The van der Waals surface area contributed by atoms with E-state index in [1.54, 1.807) is 19.1 Å². The number of benzene rings is 3. The molecule has 1 fully saturated rings. The molecule has 17 heteroatoms. The van der Waals surface area contributed by atoms with Crippen molar-refractivity contribution in [2.75, 3.05) is 99.9 Å². The number of hydrogen-bond donors (Lipinski definition) is 3. The molecule has 0 aromatic heterocycles. The maximum atomic E-state index is 14.5. The van der Waals surface area contributed by atoms with Gasteiger partial charge in [-0.2, -0.15) is 0 Å². The van der Waals surface area contributed by atoms with Gasteiger partial charge in [0.15, 0.2) is 0 Å². The molecule has 3 amide bonds. The molecular weight excluding hydrogens is 999 g/mol. The molecule has 17 nitrogen and oxygen atoms in total. The standard InChI is InChI=1S/C61H91N3O14/c1-4-5-6-7-8-9-10-11-12-13-14-15-19-22-56(65)62-36-40-74-42-44-76-46-45-75-43-41-73-39-35-57(66)63-55(60(70)64-37-33-49(34-38-64)47-77-59(69)32-31-58(67)68)48-78-61(50-20-17-16-18-21-50,51-23-27-53(71-2)28-24-51)52-25-29-54(72-3)30-26-52/h16-18,20-21,23-30,49,55H,4-15,19,22,31-48H2,1-3H3,(H,62,65)(H,63,66)(H,67,68). The van der Waals surface area contributed by atoms with E-state index in [1.807, 2.05) is 78.9 Å². The van der Waals surface area contributed by atoms with Crippen LogP contribution in [-0.2, 0) is 58.0 Å². The van der Waals surface area contributed by atoms with Crippen LogP contribution in [0.25, 0.3) is 0 Å². The number of likely N-dealkylation sites (tertiary alicyclic amines) is 1. The second-order valence-electron chi connectivity index (χ2n) is 19.8. The molecule has 4 rings (SSSR count). The van der Waals surface area contributed by atoms with Crippen LogP contribution >= 0.6 is 0 Å². The predicted molar refractivity (Wildman–Crippen MR) is 299 cm³/mol. The second kappa shape index (κ2) is 39.7. The fraction of sp³-hybridized carbons (Fsp3) is 0.623. The molecule has 1 aliphatic rings. The number of unbranched alkanes of at least 4 members (excludes halogenated alkanes) is 12. The second-order valence-corrected chi connectivity index (χ2v) is 19.8. The van der Waals surface area contributed by atoms with Crippen LogP contribution in [0.2, 0.25) is 0 Å². The average molecular weight is 1090 g/mol. The molecule has 0 saturated carbocycles. The smallest absolute Gasteiger partial charge is 0.306 e. The Hall–Kier alpha value is -5.59. The quantitative estimate of drug-likeness (QED) is 0.0274. The molecule has 1 unspecified atom stereocenters. The monoisotopic (exact) mass is 1090 g/mol. The van der Waals surface area contributed by atoms with Crippen molar-refractivity contribution in [1.82, 2.24) is 15.5 Å². The number of ether oxygens (including phenoxy) is 8. The number of nitrogens with zero attached hydrogens (tertiary/aromatic N) is 1. The van der Waals surface area contributed by atoms with E-state index in [4.69, 9.17) is 43.0 Å². The van der Waals surface area contributed by atoms with E-state index in [0.29, 0.717) is 90.0 Å². The van der Waals surface area contributed by atoms with Gasteiger partial charge < -0.3 is 58.5 Å². The highest BCUT2D eigenvalue weighted by Gasteiger charge is 2.40. The molecule has 78 heavy (non-hydrogen) atoms. The number of esters is 1. The van der Waals surface area contributed by atoms with Crippen LogP contribution in [-0.4, -0.2) is 146 Å². The average Bonchev–Trinajstić information content (AvgIpc) is 3.59. The summed E-state index contributed by atoms with van der Waals surface area (Å²) in [6, 6.07) is 23.6. The topological polar surface area (TPSA) is 207 Å². The summed E-state index contributed by atoms with van der Waals surface area (Å²) in [5.74, 6) is -1.01. The summed E-state index contributed by atoms with van der Waals surface area (Å²) in [5.41, 5.74) is 1.05. The highest BCUT2D eigenvalue weighted by molar-refractivity contribution is 5.88. The number of carboxylic acid groups (broad SMARTS) is 1. The maximum Gasteiger partial charge on any atom is 0.306 e. The van der Waals surface area contributed by atoms with Crippen molar-refractivity contribution in [3.8, 4) is 11.5 Å². The molecule has 1 aliphatic heterocycles. The zero-order chi connectivity index (χ0) is 55.9. The number of aliphatic carboxylic acids is 1. The number of carbonyl (C=O) groups excluding carboxylic acids is 4. The van der Waals surface area contributed by atoms with Gasteiger partial charge in [0.2, 0.25) is 17.7 Å². The molecule has 1 atom stereocenters. The lowest BCUT2D eigenvalue weighted by Gasteiger charge is -2.38. The van der Waals surface area contributed by atoms with Gasteiger partial charge in [0, 0.05) is 32.5 Å². The third-order valence-electron chi connectivity index (χ3n) is 13.9. The summed E-state index contributed by atoms with van der Waals surface area (Å²) >= 11 is 0. The van der Waals surface area contributed by atoms with Crippen molar-refractivity contribution in [2.24, 2.45) is 5.92 Å². The number of nitrogens with one attached hydrogen (secondary N) is 2. The molecule has 3 aromatic rings. The molecule has 0 radical (unpaired) electrons. The first-order chi connectivity index (χ1) is 38.1. The molecule has 0 spiro atoms. The Morgan fingerprint density at radius 3 is 1.58 bits per heavy atom. The Kier molecular flexibility index (Phi) is 33.1. The zero-order valence-electron chi connectivity index (χ0n) is 47.0. The van der Waals surface area contributed by atoms with Crippen LogP contribution in [0.15, 0.2) is 78.9 Å². The number of piperidine rings is 1. The summed E-state index contributed by atoms with van der Waals surface area (Å²) in [7, 11) is 3.19. The number of amides is 3. The zero-order valence-corrected chi connectivity index (χ0v) is 47.0. The van der Waals surface area contributed by atoms with Crippen molar-refractivity contribution < 1.29 is 67.0 Å². The van der Waals surface area contributed by atoms with Crippen LogP contribution in [0.4, 0.5) is 0 Å². The molecule has 434 valence electrons. The van der Waals surface area contributed by atoms with Gasteiger partial charge in [0.25, 0.3) is 0 Å². The van der Waals surface area contributed by atoms with Crippen LogP contribution in [0.5, 0.6) is 11.5 Å². The molecule has 1 heterocycles. The molecule has 1 saturated heterocycles. The first-order valence-corrected chi connectivity index (χ1v) is 28.6. The van der Waals surface area contributed by atoms with Crippen LogP contribution in [0.1, 0.15) is 146 Å². The summed E-state index contributed by atoms with van der Waals surface area (Å²) in [6.45, 7) is 5.97. The first-order valence-electron chi connectivity index (χ1n) is 28.6. The van der Waals surface area contributed by atoms with Gasteiger partial charge in [-0.1, -0.05) is 139 Å². The molecular formula is C61H91N3O14. The van der Waals surface area contributed by atoms with Crippen molar-refractivity contribution in [2.45, 2.75) is 141 Å². The minimum absolute atomic E-state index is 0.0165. The number of methoxy groups -OCH3 is 2. The Labute approximate surface area is 464 Å². The van der Waals surface area contributed by atoms with E-state index in [-0.39, 0.29) is 63.4 Å². The van der Waals surface area contributed by atoms with E-state index in [1.165, 1.54) is 70.6 Å². The fourth-order valence-electron chi connectivity index (χ4n) is 9.34. The van der Waals surface area contributed by atoms with E-state index in [0.717, 1.165) is 29.5 Å². The number of rotatable bonds is 44. The van der Waals surface area contributed by atoms with Gasteiger partial charge in [-0.05, 0) is 66.1 Å². The lowest BCUT2D eigenvalue weighted by molar-refractivity contribution is -0.149. The molecule has 3 aromatic carbocycles. The number of hydrogen-bond acceptors (Lipinski definition) is 13. The first kappa shape index (κ1) is 64.9. The Morgan fingerprint density at radius 1 is 0.577 bits per heavy atom. The maximum absolute atomic E-state index is 14.5. The normalized spacial score (nSPS) is 13.2. The lowest BCUT2D eigenvalue weighted by Crippen LogP contribution is -2.54. The van der Waals surface area contributed by atoms with E-state index in [9.17, 15) is 24.0 Å². The van der Waals surface area contributed by atoms with Crippen LogP contribution in [0.3, 0.4) is 0 Å². The SMILES string of the molecule is CCCCCCCCCCCCCCCC(=O)NCCOCCOCCOCCOCCC(=O)NC(COC(c1ccccc1)(c1ccc(OC)cc1)c1ccc(OC)cc1)C(=O)N1CCC(COC(=O)CCC(=O)O)CC1. The Morgan fingerprint density at radius 2 is 1.06 bits per heavy atom. The van der Waals surface area contributed by atoms with Gasteiger partial charge in [-0.3, -0.25) is 24.0 Å². The molecule has 3 N–H and O–H groups in total. The third kappa shape index (κ3) is 25.5. The van der Waals surface area contributed by atoms with Crippen molar-refractivity contribution in [3.63, 3.8) is 0 Å². The summed E-state index contributed by atoms with van der Waals surface area (Å²) in [6.07, 6.45) is 17.8. The van der Waals surface area contributed by atoms with Crippen LogP contribution < -0.4 is 20.1 Å². The minimum atomic E-state index is -1.26. The van der Waals surface area contributed by atoms with Crippen LogP contribution in [0, 0.1) is 5.92 Å². The van der Waals surface area contributed by atoms with Gasteiger partial charge in [-0.25, -0.2) is 0 Å². The minimum Gasteiger partial charge on any atom is -0.497 e. The van der Waals surface area contributed by atoms with Gasteiger partial charge >= 0.3 is 11.9 Å². The van der Waals surface area contributed by atoms with Gasteiger partial charge in [-0.15, -0.1) is 0 Å².